The molecule has 0 aliphatic carbocycles. The quantitative estimate of drug-likeness (QED) is 0.817. The van der Waals surface area contributed by atoms with Gasteiger partial charge in [-0.2, -0.15) is 0 Å². The summed E-state index contributed by atoms with van der Waals surface area (Å²) in [4.78, 5) is 21.3. The highest BCUT2D eigenvalue weighted by Crippen LogP contribution is 2.18. The number of benzene rings is 1. The van der Waals surface area contributed by atoms with Crippen LogP contribution in [-0.4, -0.2) is 49.0 Å². The Hall–Kier alpha value is -1.93. The molecule has 0 spiro atoms. The van der Waals surface area contributed by atoms with Gasteiger partial charge < -0.3 is 10.2 Å². The molecule has 0 saturated carbocycles. The second-order valence-electron chi connectivity index (χ2n) is 3.64. The van der Waals surface area contributed by atoms with Gasteiger partial charge in [-0.1, -0.05) is 0 Å². The average Bonchev–Trinajstić information content (AvgIpc) is 2.27. The van der Waals surface area contributed by atoms with Gasteiger partial charge in [-0.15, -0.1) is 0 Å². The van der Waals surface area contributed by atoms with Gasteiger partial charge in [0.25, 0.3) is 0 Å². The maximum atomic E-state index is 11.8. The normalized spacial score (nSPS) is 11.5. The van der Waals surface area contributed by atoms with Crippen molar-refractivity contribution < 1.29 is 28.2 Å². The van der Waals surface area contributed by atoms with Gasteiger partial charge in [0.1, 0.15) is 0 Å². The van der Waals surface area contributed by atoms with Gasteiger partial charge >= 0.3 is 11.9 Å². The fourth-order valence-electron chi connectivity index (χ4n) is 1.21. The van der Waals surface area contributed by atoms with E-state index in [1.165, 1.54) is 14.1 Å². The molecule has 0 aliphatic rings. The van der Waals surface area contributed by atoms with E-state index in [2.05, 4.69) is 0 Å². The molecule has 1 aromatic rings. The summed E-state index contributed by atoms with van der Waals surface area (Å²) in [6.45, 7) is 0. The summed E-state index contributed by atoms with van der Waals surface area (Å²) in [5.74, 6) is -2.79. The maximum absolute atomic E-state index is 11.8. The summed E-state index contributed by atoms with van der Waals surface area (Å²) >= 11 is 0. The number of hydrogen-bond acceptors (Lipinski definition) is 4. The van der Waals surface area contributed by atoms with Gasteiger partial charge in [0.2, 0.25) is 10.0 Å². The Morgan fingerprint density at radius 1 is 1.00 bits per heavy atom. The Labute approximate surface area is 103 Å². The fraction of sp³-hybridized carbons (Fsp3) is 0.200. The monoisotopic (exact) mass is 273 g/mol. The van der Waals surface area contributed by atoms with Crippen molar-refractivity contribution in [1.82, 2.24) is 4.31 Å². The number of sulfonamides is 1. The lowest BCUT2D eigenvalue weighted by Crippen LogP contribution is -2.23. The van der Waals surface area contributed by atoms with Crippen molar-refractivity contribution in [2.24, 2.45) is 0 Å². The highest BCUT2D eigenvalue weighted by Gasteiger charge is 2.21. The molecule has 18 heavy (non-hydrogen) atoms. The predicted octanol–water partition coefficient (Wildman–Crippen LogP) is 0.333. The second kappa shape index (κ2) is 4.75. The molecule has 0 bridgehead atoms. The third kappa shape index (κ3) is 2.66. The maximum Gasteiger partial charge on any atom is 0.335 e. The van der Waals surface area contributed by atoms with Crippen LogP contribution in [0.5, 0.6) is 0 Å². The molecule has 0 radical (unpaired) electrons. The van der Waals surface area contributed by atoms with Crippen LogP contribution in [0.25, 0.3) is 0 Å². The SMILES string of the molecule is CN(C)S(=O)(=O)c1cc(C(=O)O)cc(C(=O)O)c1. The summed E-state index contributed by atoms with van der Waals surface area (Å²) in [6.07, 6.45) is 0. The summed E-state index contributed by atoms with van der Waals surface area (Å²) < 4.78 is 24.5. The first kappa shape index (κ1) is 14.1. The number of carboxylic acid groups (broad SMARTS) is 2. The van der Waals surface area contributed by atoms with E-state index in [1.807, 2.05) is 0 Å². The van der Waals surface area contributed by atoms with Crippen LogP contribution in [0.2, 0.25) is 0 Å². The van der Waals surface area contributed by atoms with Crippen LogP contribution in [-0.2, 0) is 10.0 Å². The largest absolute Gasteiger partial charge is 0.478 e. The Balaban J connectivity index is 3.56. The average molecular weight is 273 g/mol. The number of hydrogen-bond donors (Lipinski definition) is 2. The molecular weight excluding hydrogens is 262 g/mol. The van der Waals surface area contributed by atoms with Crippen LogP contribution in [0.1, 0.15) is 20.7 Å². The highest BCUT2D eigenvalue weighted by molar-refractivity contribution is 7.89. The van der Waals surface area contributed by atoms with E-state index in [9.17, 15) is 18.0 Å². The van der Waals surface area contributed by atoms with Gasteiger partial charge in [-0.25, -0.2) is 22.3 Å². The zero-order valence-electron chi connectivity index (χ0n) is 9.61. The van der Waals surface area contributed by atoms with Crippen LogP contribution in [0, 0.1) is 0 Å². The molecule has 7 nitrogen and oxygen atoms in total. The number of rotatable bonds is 4. The molecule has 0 heterocycles. The molecule has 0 aliphatic heterocycles. The van der Waals surface area contributed by atoms with Crippen LogP contribution in [0.15, 0.2) is 23.1 Å². The third-order valence-electron chi connectivity index (χ3n) is 2.18. The van der Waals surface area contributed by atoms with Crippen LogP contribution < -0.4 is 0 Å². The lowest BCUT2D eigenvalue weighted by Gasteiger charge is -2.12. The number of nitrogens with zero attached hydrogens (tertiary/aromatic N) is 1. The minimum absolute atomic E-state index is 0.371. The number of aromatic carboxylic acids is 2. The van der Waals surface area contributed by atoms with Gasteiger partial charge in [0.15, 0.2) is 0 Å². The first-order valence-corrected chi connectivity index (χ1v) is 6.14. The first-order valence-electron chi connectivity index (χ1n) is 4.70. The number of carbonyl (C=O) groups is 2. The number of carboxylic acids is 2. The van der Waals surface area contributed by atoms with Crippen molar-refractivity contribution in [2.45, 2.75) is 4.90 Å². The summed E-state index contributed by atoms with van der Waals surface area (Å²) in [5.41, 5.74) is -0.786. The highest BCUT2D eigenvalue weighted by atomic mass is 32.2. The minimum atomic E-state index is -3.88. The summed E-state index contributed by atoms with van der Waals surface area (Å²) in [7, 11) is -1.35. The first-order chi connectivity index (χ1) is 8.16. The molecule has 98 valence electrons. The topological polar surface area (TPSA) is 112 Å². The van der Waals surface area contributed by atoms with E-state index in [-0.39, 0.29) is 4.90 Å². The third-order valence-corrected chi connectivity index (χ3v) is 3.97. The van der Waals surface area contributed by atoms with E-state index in [4.69, 9.17) is 10.2 Å². The molecule has 0 atom stereocenters. The Morgan fingerprint density at radius 2 is 1.39 bits per heavy atom. The Morgan fingerprint density at radius 3 is 1.67 bits per heavy atom. The van der Waals surface area contributed by atoms with E-state index in [1.54, 1.807) is 0 Å². The van der Waals surface area contributed by atoms with Gasteiger partial charge in [0, 0.05) is 14.1 Å². The lowest BCUT2D eigenvalue weighted by atomic mass is 10.1. The van der Waals surface area contributed by atoms with Crippen molar-refractivity contribution in [3.05, 3.63) is 29.3 Å². The Bertz CT molecular complexity index is 573. The molecule has 2 N–H and O–H groups in total. The van der Waals surface area contributed by atoms with E-state index >= 15 is 0 Å². The van der Waals surface area contributed by atoms with E-state index in [0.717, 1.165) is 22.5 Å². The molecule has 8 heteroatoms. The van der Waals surface area contributed by atoms with Crippen LogP contribution in [0.3, 0.4) is 0 Å². The Kier molecular flexibility index (Phi) is 3.73. The molecule has 1 rings (SSSR count). The zero-order valence-corrected chi connectivity index (χ0v) is 10.4. The summed E-state index contributed by atoms with van der Waals surface area (Å²) in [5, 5.41) is 17.6. The van der Waals surface area contributed by atoms with Crippen molar-refractivity contribution in [3.63, 3.8) is 0 Å². The zero-order chi connectivity index (χ0) is 14.1. The molecule has 0 saturated heterocycles. The molecule has 0 aromatic heterocycles. The van der Waals surface area contributed by atoms with Crippen LogP contribution in [0.4, 0.5) is 0 Å². The molecule has 0 amide bonds. The molecule has 0 fully saturated rings. The van der Waals surface area contributed by atoms with Gasteiger partial charge in [0.05, 0.1) is 16.0 Å². The van der Waals surface area contributed by atoms with Gasteiger partial charge in [-0.3, -0.25) is 0 Å². The van der Waals surface area contributed by atoms with Crippen LogP contribution >= 0.6 is 0 Å². The van der Waals surface area contributed by atoms with E-state index in [0.29, 0.717) is 0 Å². The van der Waals surface area contributed by atoms with Crippen molar-refractivity contribution in [3.8, 4) is 0 Å². The second-order valence-corrected chi connectivity index (χ2v) is 5.80. The lowest BCUT2D eigenvalue weighted by molar-refractivity contribution is 0.0696. The van der Waals surface area contributed by atoms with Gasteiger partial charge in [-0.05, 0) is 18.2 Å². The van der Waals surface area contributed by atoms with E-state index < -0.39 is 33.1 Å². The fourth-order valence-corrected chi connectivity index (χ4v) is 2.18. The van der Waals surface area contributed by atoms with Crippen molar-refractivity contribution in [1.29, 1.82) is 0 Å². The van der Waals surface area contributed by atoms with Crippen molar-refractivity contribution >= 4 is 22.0 Å². The molecular formula is C10H11NO6S. The predicted molar refractivity (Wildman–Crippen MR) is 61.2 cm³/mol. The van der Waals surface area contributed by atoms with Crippen molar-refractivity contribution in [2.75, 3.05) is 14.1 Å². The smallest absolute Gasteiger partial charge is 0.335 e. The molecule has 1 aromatic carbocycles. The standard InChI is InChI=1S/C10H11NO6S/c1-11(2)18(16,17)8-4-6(9(12)13)3-7(5-8)10(14)15/h3-5H,1-2H3,(H,12,13)(H,14,15). The molecule has 0 unspecified atom stereocenters. The minimum Gasteiger partial charge on any atom is -0.478 e. The summed E-state index contributed by atoms with van der Waals surface area (Å²) in [6, 6.07) is 2.74.